The zero-order chi connectivity index (χ0) is 11.3. The number of hydrazone groups is 1. The van der Waals surface area contributed by atoms with Gasteiger partial charge in [0.05, 0.1) is 5.69 Å². The minimum Gasteiger partial charge on any atom is -0.347 e. The maximum atomic E-state index is 4.31. The van der Waals surface area contributed by atoms with Crippen molar-refractivity contribution in [3.05, 3.63) is 30.3 Å². The minimum atomic E-state index is 0.874. The van der Waals surface area contributed by atoms with Crippen LogP contribution in [0.3, 0.4) is 0 Å². The lowest BCUT2D eigenvalue weighted by Crippen LogP contribution is -2.36. The van der Waals surface area contributed by atoms with Crippen LogP contribution in [0.2, 0.25) is 0 Å². The van der Waals surface area contributed by atoms with Gasteiger partial charge in [-0.15, -0.1) is 5.10 Å². The van der Waals surface area contributed by atoms with E-state index in [1.807, 2.05) is 68.3 Å². The normalized spacial score (nSPS) is 9.33. The van der Waals surface area contributed by atoms with Crippen molar-refractivity contribution < 1.29 is 0 Å². The molecule has 0 unspecified atom stereocenters. The highest BCUT2D eigenvalue weighted by atomic mass is 15.4. The number of benzene rings is 1. The molecule has 0 aromatic heterocycles. The van der Waals surface area contributed by atoms with Gasteiger partial charge in [0.25, 0.3) is 0 Å². The van der Waals surface area contributed by atoms with E-state index in [1.165, 1.54) is 0 Å². The van der Waals surface area contributed by atoms with Gasteiger partial charge in [0.1, 0.15) is 0 Å². The quantitative estimate of drug-likeness (QED) is 0.452. The van der Waals surface area contributed by atoms with Crippen LogP contribution in [0.15, 0.2) is 35.4 Å². The summed E-state index contributed by atoms with van der Waals surface area (Å²) in [6.07, 6.45) is 0. The molecular formula is C11H18N4. The van der Waals surface area contributed by atoms with Gasteiger partial charge in [0.15, 0.2) is 0 Å². The molecule has 1 aromatic rings. The fraction of sp³-hybridized carbons (Fsp3) is 0.364. The van der Waals surface area contributed by atoms with Crippen molar-refractivity contribution >= 4 is 11.6 Å². The number of rotatable bonds is 2. The highest BCUT2D eigenvalue weighted by Gasteiger charge is 2.03. The lowest BCUT2D eigenvalue weighted by atomic mass is 10.3. The lowest BCUT2D eigenvalue weighted by molar-refractivity contribution is 0.482. The molecule has 0 heterocycles. The first-order valence-corrected chi connectivity index (χ1v) is 4.84. The van der Waals surface area contributed by atoms with Crippen molar-refractivity contribution in [1.82, 2.24) is 9.80 Å². The van der Waals surface area contributed by atoms with Gasteiger partial charge < -0.3 is 9.80 Å². The van der Waals surface area contributed by atoms with Gasteiger partial charge in [-0.25, -0.2) is 0 Å². The van der Waals surface area contributed by atoms with Gasteiger partial charge in [-0.05, 0) is 12.1 Å². The van der Waals surface area contributed by atoms with Gasteiger partial charge in [0.2, 0.25) is 5.96 Å². The minimum absolute atomic E-state index is 0.874. The average Bonchev–Trinajstić information content (AvgIpc) is 2.18. The molecule has 0 radical (unpaired) electrons. The third-order valence-electron chi connectivity index (χ3n) is 1.86. The Morgan fingerprint density at radius 2 is 1.53 bits per heavy atom. The van der Waals surface area contributed by atoms with Gasteiger partial charge in [-0.2, -0.15) is 0 Å². The molecule has 0 bridgehead atoms. The summed E-state index contributed by atoms with van der Waals surface area (Å²) in [6, 6.07) is 9.89. The van der Waals surface area contributed by atoms with Crippen LogP contribution in [0.25, 0.3) is 0 Å². The Balaban J connectivity index is 2.70. The number of nitrogens with one attached hydrogen (secondary N) is 1. The summed E-state index contributed by atoms with van der Waals surface area (Å²) in [4.78, 5) is 3.91. The highest BCUT2D eigenvalue weighted by molar-refractivity contribution is 5.79. The maximum Gasteiger partial charge on any atom is 0.218 e. The molecule has 0 aliphatic rings. The maximum absolute atomic E-state index is 4.31. The number of anilines is 1. The van der Waals surface area contributed by atoms with Gasteiger partial charge in [-0.3, -0.25) is 5.43 Å². The lowest BCUT2D eigenvalue weighted by Gasteiger charge is -2.22. The Morgan fingerprint density at radius 1 is 1.00 bits per heavy atom. The molecule has 82 valence electrons. The second-order valence-electron chi connectivity index (χ2n) is 3.68. The standard InChI is InChI=1S/C11H18N4/c1-14(2)11(15(3)4)13-12-10-8-6-5-7-9-10/h5-9,12H,1-4H3. The molecule has 1 rings (SSSR count). The molecule has 0 spiro atoms. The van der Waals surface area contributed by atoms with Crippen LogP contribution >= 0.6 is 0 Å². The molecule has 0 aliphatic heterocycles. The molecule has 0 saturated carbocycles. The number of nitrogens with zero attached hydrogens (tertiary/aromatic N) is 3. The molecule has 0 saturated heterocycles. The molecule has 1 N–H and O–H groups in total. The van der Waals surface area contributed by atoms with Crippen LogP contribution in [0.4, 0.5) is 5.69 Å². The van der Waals surface area contributed by atoms with Crippen LogP contribution in [-0.4, -0.2) is 44.0 Å². The second kappa shape index (κ2) is 5.24. The Bertz CT molecular complexity index is 307. The third-order valence-corrected chi connectivity index (χ3v) is 1.86. The number of hydrogen-bond donors (Lipinski definition) is 1. The zero-order valence-electron chi connectivity index (χ0n) is 9.73. The van der Waals surface area contributed by atoms with Crippen molar-refractivity contribution in [1.29, 1.82) is 0 Å². The Hall–Kier alpha value is -1.71. The second-order valence-corrected chi connectivity index (χ2v) is 3.68. The van der Waals surface area contributed by atoms with Crippen LogP contribution in [0, 0.1) is 0 Å². The fourth-order valence-electron chi connectivity index (χ4n) is 1.23. The van der Waals surface area contributed by atoms with E-state index in [0.717, 1.165) is 11.6 Å². The summed E-state index contributed by atoms with van der Waals surface area (Å²) in [6.45, 7) is 0. The molecule has 0 aliphatic carbocycles. The van der Waals surface area contributed by atoms with E-state index in [9.17, 15) is 0 Å². The number of hydrogen-bond acceptors (Lipinski definition) is 2. The van der Waals surface area contributed by atoms with E-state index in [4.69, 9.17) is 0 Å². The predicted octanol–water partition coefficient (Wildman–Crippen LogP) is 1.49. The highest BCUT2D eigenvalue weighted by Crippen LogP contribution is 2.04. The molecule has 0 fully saturated rings. The van der Waals surface area contributed by atoms with Gasteiger partial charge >= 0.3 is 0 Å². The Morgan fingerprint density at radius 3 is 2.00 bits per heavy atom. The Kier molecular flexibility index (Phi) is 3.97. The summed E-state index contributed by atoms with van der Waals surface area (Å²) < 4.78 is 0. The Labute approximate surface area is 91.2 Å². The van der Waals surface area contributed by atoms with Crippen molar-refractivity contribution in [2.45, 2.75) is 0 Å². The molecule has 15 heavy (non-hydrogen) atoms. The molecule has 4 heteroatoms. The predicted molar refractivity (Wildman–Crippen MR) is 64.9 cm³/mol. The van der Waals surface area contributed by atoms with E-state index in [-0.39, 0.29) is 0 Å². The van der Waals surface area contributed by atoms with E-state index in [0.29, 0.717) is 0 Å². The van der Waals surface area contributed by atoms with Crippen LogP contribution in [0.1, 0.15) is 0 Å². The topological polar surface area (TPSA) is 30.9 Å². The largest absolute Gasteiger partial charge is 0.347 e. The first-order valence-electron chi connectivity index (χ1n) is 4.84. The van der Waals surface area contributed by atoms with Gasteiger partial charge in [0, 0.05) is 28.2 Å². The van der Waals surface area contributed by atoms with E-state index in [2.05, 4.69) is 10.5 Å². The zero-order valence-corrected chi connectivity index (χ0v) is 9.73. The molecule has 1 aromatic carbocycles. The van der Waals surface area contributed by atoms with Crippen LogP contribution in [0.5, 0.6) is 0 Å². The number of para-hydroxylation sites is 1. The van der Waals surface area contributed by atoms with Crippen molar-refractivity contribution in [3.63, 3.8) is 0 Å². The van der Waals surface area contributed by atoms with Crippen molar-refractivity contribution in [2.24, 2.45) is 5.10 Å². The number of guanidine groups is 1. The summed E-state index contributed by atoms with van der Waals surface area (Å²) in [5, 5.41) is 4.31. The molecule has 4 nitrogen and oxygen atoms in total. The molecule has 0 atom stereocenters. The average molecular weight is 206 g/mol. The van der Waals surface area contributed by atoms with E-state index in [1.54, 1.807) is 0 Å². The van der Waals surface area contributed by atoms with E-state index < -0.39 is 0 Å². The third kappa shape index (κ3) is 3.50. The van der Waals surface area contributed by atoms with E-state index >= 15 is 0 Å². The summed E-state index contributed by atoms with van der Waals surface area (Å²) >= 11 is 0. The van der Waals surface area contributed by atoms with Crippen LogP contribution < -0.4 is 5.43 Å². The first kappa shape index (κ1) is 11.4. The SMILES string of the molecule is CN(C)C(=NNc1ccccc1)N(C)C. The van der Waals surface area contributed by atoms with Crippen LogP contribution in [-0.2, 0) is 0 Å². The molecule has 0 amide bonds. The smallest absolute Gasteiger partial charge is 0.218 e. The summed E-state index contributed by atoms with van der Waals surface area (Å²) in [7, 11) is 7.86. The fourth-order valence-corrected chi connectivity index (χ4v) is 1.23. The van der Waals surface area contributed by atoms with Gasteiger partial charge in [-0.1, -0.05) is 18.2 Å². The molecular weight excluding hydrogens is 188 g/mol. The summed E-state index contributed by atoms with van der Waals surface area (Å²) in [5.74, 6) is 0.874. The van der Waals surface area contributed by atoms with Crippen molar-refractivity contribution in [3.8, 4) is 0 Å². The van der Waals surface area contributed by atoms with Crippen molar-refractivity contribution in [2.75, 3.05) is 33.6 Å². The summed E-state index contributed by atoms with van der Waals surface area (Å²) in [5.41, 5.74) is 4.00. The monoisotopic (exact) mass is 206 g/mol. The first-order chi connectivity index (χ1) is 7.11.